The van der Waals surface area contributed by atoms with E-state index in [0.29, 0.717) is 24.8 Å². The van der Waals surface area contributed by atoms with Gasteiger partial charge in [0, 0.05) is 14.0 Å². The van der Waals surface area contributed by atoms with E-state index in [2.05, 4.69) is 15.5 Å². The summed E-state index contributed by atoms with van der Waals surface area (Å²) < 4.78 is 13.5. The van der Waals surface area contributed by atoms with E-state index in [1.807, 2.05) is 0 Å². The van der Waals surface area contributed by atoms with E-state index in [1.165, 1.54) is 13.0 Å². The van der Waals surface area contributed by atoms with Crippen molar-refractivity contribution in [2.75, 3.05) is 7.05 Å². The van der Waals surface area contributed by atoms with Gasteiger partial charge in [-0.3, -0.25) is 14.6 Å². The third kappa shape index (κ3) is 3.44. The molecule has 22 heavy (non-hydrogen) atoms. The summed E-state index contributed by atoms with van der Waals surface area (Å²) in [5, 5.41) is 3.84. The number of benzene rings is 1. The van der Waals surface area contributed by atoms with Crippen LogP contribution in [0.15, 0.2) is 34.4 Å². The Morgan fingerprint density at radius 2 is 2.14 bits per heavy atom. The van der Waals surface area contributed by atoms with Crippen LogP contribution in [-0.2, 0) is 16.0 Å². The zero-order chi connectivity index (χ0) is 16.1. The molecule has 0 spiro atoms. The van der Waals surface area contributed by atoms with Crippen molar-refractivity contribution in [3.8, 4) is 0 Å². The third-order valence-corrected chi connectivity index (χ3v) is 3.48. The smallest absolute Gasteiger partial charge is 0.209 e. The molecule has 1 unspecified atom stereocenters. The van der Waals surface area contributed by atoms with Gasteiger partial charge in [-0.2, -0.15) is 5.10 Å². The van der Waals surface area contributed by atoms with E-state index in [-0.39, 0.29) is 28.8 Å². The van der Waals surface area contributed by atoms with E-state index < -0.39 is 6.04 Å². The lowest BCUT2D eigenvalue weighted by Gasteiger charge is -2.06. The van der Waals surface area contributed by atoms with Gasteiger partial charge in [-0.15, -0.1) is 0 Å². The standard InChI is InChI=1S/C16H18FN3O2/c1-10(21)14-15(20-18-2)16(22)13(19-14)9-5-7-11-6-3-4-8-12(11)17/h3-4,6,8,13,18H,5,7,9H2,1-2H3. The molecule has 1 N–H and O–H groups in total. The number of halogens is 1. The van der Waals surface area contributed by atoms with Gasteiger partial charge < -0.3 is 5.43 Å². The van der Waals surface area contributed by atoms with Gasteiger partial charge in [0.25, 0.3) is 0 Å². The monoisotopic (exact) mass is 303 g/mol. The molecule has 6 heteroatoms. The summed E-state index contributed by atoms with van der Waals surface area (Å²) in [7, 11) is 1.56. The van der Waals surface area contributed by atoms with Crippen LogP contribution in [0.5, 0.6) is 0 Å². The first-order valence-corrected chi connectivity index (χ1v) is 7.15. The van der Waals surface area contributed by atoms with Crippen molar-refractivity contribution in [3.05, 3.63) is 35.6 Å². The van der Waals surface area contributed by atoms with Gasteiger partial charge in [0.1, 0.15) is 17.6 Å². The van der Waals surface area contributed by atoms with Crippen molar-refractivity contribution >= 4 is 23.0 Å². The van der Waals surface area contributed by atoms with Crippen LogP contribution < -0.4 is 5.43 Å². The summed E-state index contributed by atoms with van der Waals surface area (Å²) >= 11 is 0. The normalized spacial score (nSPS) is 19.4. The minimum absolute atomic E-state index is 0.0888. The second kappa shape index (κ2) is 7.06. The molecular weight excluding hydrogens is 285 g/mol. The molecule has 1 aromatic carbocycles. The second-order valence-electron chi connectivity index (χ2n) is 5.08. The number of hydrogen-bond donors (Lipinski definition) is 1. The Labute approximate surface area is 128 Å². The molecule has 0 radical (unpaired) electrons. The molecular formula is C16H18FN3O2. The lowest BCUT2D eigenvalue weighted by Crippen LogP contribution is -2.28. The lowest BCUT2D eigenvalue weighted by atomic mass is 10.0. The fourth-order valence-electron chi connectivity index (χ4n) is 2.41. The predicted molar refractivity (Wildman–Crippen MR) is 82.7 cm³/mol. The quantitative estimate of drug-likeness (QED) is 0.813. The summed E-state index contributed by atoms with van der Waals surface area (Å²) in [6.07, 6.45) is 1.60. The Balaban J connectivity index is 2.02. The van der Waals surface area contributed by atoms with Crippen molar-refractivity contribution < 1.29 is 14.0 Å². The average Bonchev–Trinajstić information content (AvgIpc) is 2.79. The second-order valence-corrected chi connectivity index (χ2v) is 5.08. The van der Waals surface area contributed by atoms with Crippen molar-refractivity contribution in [3.63, 3.8) is 0 Å². The van der Waals surface area contributed by atoms with Crippen LogP contribution in [0.4, 0.5) is 4.39 Å². The molecule has 0 saturated carbocycles. The van der Waals surface area contributed by atoms with Gasteiger partial charge in [-0.05, 0) is 30.9 Å². The minimum Gasteiger partial charge on any atom is -0.312 e. The molecule has 0 aliphatic carbocycles. The molecule has 1 aromatic rings. The molecule has 0 fully saturated rings. The van der Waals surface area contributed by atoms with E-state index in [1.54, 1.807) is 25.2 Å². The summed E-state index contributed by atoms with van der Waals surface area (Å²) in [6, 6.07) is 5.97. The van der Waals surface area contributed by atoms with Crippen LogP contribution in [-0.4, -0.2) is 36.1 Å². The maximum atomic E-state index is 13.5. The van der Waals surface area contributed by atoms with E-state index >= 15 is 0 Å². The number of aliphatic imine (C=N–C) groups is 1. The lowest BCUT2D eigenvalue weighted by molar-refractivity contribution is -0.114. The fraction of sp³-hybridized carbons (Fsp3) is 0.375. The molecule has 1 heterocycles. The van der Waals surface area contributed by atoms with Crippen LogP contribution in [0.25, 0.3) is 0 Å². The zero-order valence-corrected chi connectivity index (χ0v) is 12.6. The maximum Gasteiger partial charge on any atom is 0.209 e. The first-order valence-electron chi connectivity index (χ1n) is 7.15. The molecule has 1 atom stereocenters. The average molecular weight is 303 g/mol. The Morgan fingerprint density at radius 3 is 2.77 bits per heavy atom. The molecule has 0 amide bonds. The van der Waals surface area contributed by atoms with E-state index in [0.717, 1.165) is 0 Å². The Morgan fingerprint density at radius 1 is 1.41 bits per heavy atom. The van der Waals surface area contributed by atoms with Crippen molar-refractivity contribution in [2.45, 2.75) is 32.2 Å². The van der Waals surface area contributed by atoms with Gasteiger partial charge in [-0.1, -0.05) is 18.2 Å². The third-order valence-electron chi connectivity index (χ3n) is 3.48. The number of hydrogen-bond acceptors (Lipinski definition) is 5. The highest BCUT2D eigenvalue weighted by atomic mass is 19.1. The first-order chi connectivity index (χ1) is 10.5. The van der Waals surface area contributed by atoms with Crippen LogP contribution in [0.1, 0.15) is 25.3 Å². The molecule has 1 aliphatic heterocycles. The Bertz CT molecular complexity index is 653. The number of ketones is 2. The molecule has 0 bridgehead atoms. The van der Waals surface area contributed by atoms with Crippen LogP contribution in [0, 0.1) is 5.82 Å². The van der Waals surface area contributed by atoms with E-state index in [4.69, 9.17) is 0 Å². The summed E-state index contributed by atoms with van der Waals surface area (Å²) in [5.74, 6) is -0.780. The highest BCUT2D eigenvalue weighted by Gasteiger charge is 2.35. The molecule has 5 nitrogen and oxygen atoms in total. The molecule has 0 saturated heterocycles. The Hall–Kier alpha value is -2.37. The van der Waals surface area contributed by atoms with Gasteiger partial charge in [0.15, 0.2) is 11.5 Å². The van der Waals surface area contributed by atoms with Crippen molar-refractivity contribution in [1.82, 2.24) is 5.43 Å². The number of Topliss-reactive ketones (excluding diaryl/α,β-unsaturated/α-hetero) is 2. The fourth-order valence-corrected chi connectivity index (χ4v) is 2.41. The highest BCUT2D eigenvalue weighted by Crippen LogP contribution is 2.17. The molecule has 2 rings (SSSR count). The van der Waals surface area contributed by atoms with Crippen LogP contribution >= 0.6 is 0 Å². The predicted octanol–water partition coefficient (Wildman–Crippen LogP) is 1.71. The van der Waals surface area contributed by atoms with E-state index in [9.17, 15) is 14.0 Å². The number of rotatable bonds is 6. The summed E-state index contributed by atoms with van der Waals surface area (Å²) in [5.41, 5.74) is 3.35. The number of carbonyl (C=O) groups excluding carboxylic acids is 2. The largest absolute Gasteiger partial charge is 0.312 e. The van der Waals surface area contributed by atoms with Gasteiger partial charge in [0.05, 0.1) is 0 Å². The molecule has 0 aromatic heterocycles. The first kappa shape index (κ1) is 16.0. The molecule has 116 valence electrons. The van der Waals surface area contributed by atoms with Crippen molar-refractivity contribution in [2.24, 2.45) is 10.1 Å². The highest BCUT2D eigenvalue weighted by molar-refractivity contribution is 6.83. The maximum absolute atomic E-state index is 13.5. The number of carbonyl (C=O) groups is 2. The van der Waals surface area contributed by atoms with Crippen LogP contribution in [0.2, 0.25) is 0 Å². The SMILES string of the molecule is CNN=C1C(=O)C(CCCc2ccccc2F)N=C1C(C)=O. The summed E-state index contributed by atoms with van der Waals surface area (Å²) in [6.45, 7) is 1.36. The summed E-state index contributed by atoms with van der Waals surface area (Å²) in [4.78, 5) is 27.9. The number of aryl methyl sites for hydroxylation is 1. The Kier molecular flexibility index (Phi) is 5.14. The van der Waals surface area contributed by atoms with Crippen molar-refractivity contribution in [1.29, 1.82) is 0 Å². The molecule has 1 aliphatic rings. The minimum atomic E-state index is -0.599. The zero-order valence-electron chi connectivity index (χ0n) is 12.6. The van der Waals surface area contributed by atoms with Crippen LogP contribution in [0.3, 0.4) is 0 Å². The number of hydrazone groups is 1. The van der Waals surface area contributed by atoms with Gasteiger partial charge >= 0.3 is 0 Å². The van der Waals surface area contributed by atoms with Gasteiger partial charge in [-0.25, -0.2) is 4.39 Å². The topological polar surface area (TPSA) is 70.9 Å². The number of nitrogens with zero attached hydrogens (tertiary/aromatic N) is 2. The number of nitrogens with one attached hydrogen (secondary N) is 1. The van der Waals surface area contributed by atoms with Gasteiger partial charge in [0.2, 0.25) is 5.78 Å².